The van der Waals surface area contributed by atoms with Crippen molar-refractivity contribution >= 4 is 49.9 Å². The van der Waals surface area contributed by atoms with Crippen LogP contribution in [0.15, 0.2) is 65.6 Å². The van der Waals surface area contributed by atoms with Crippen LogP contribution in [-0.4, -0.2) is 43.8 Å². The van der Waals surface area contributed by atoms with Crippen LogP contribution in [0.5, 0.6) is 0 Å². The van der Waals surface area contributed by atoms with Crippen molar-refractivity contribution in [3.8, 4) is 0 Å². The number of amides is 2. The summed E-state index contributed by atoms with van der Waals surface area (Å²) in [6, 6.07) is 17.4. The Morgan fingerprint density at radius 2 is 1.71 bits per heavy atom. The Morgan fingerprint density at radius 1 is 1.00 bits per heavy atom. The molecule has 2 amide bonds. The topological polar surface area (TPSA) is 86.8 Å². The van der Waals surface area contributed by atoms with E-state index in [9.17, 15) is 18.0 Å². The van der Waals surface area contributed by atoms with E-state index in [2.05, 4.69) is 5.32 Å². The van der Waals surface area contributed by atoms with Crippen molar-refractivity contribution in [1.29, 1.82) is 0 Å². The van der Waals surface area contributed by atoms with Gasteiger partial charge in [0.05, 0.1) is 10.6 Å². The maximum Gasteiger partial charge on any atom is 0.265 e. The standard InChI is InChI=1S/C29H34ClN3O4S/c1-4-20(3)31-29(35)24(5-2)32(19-22-11-6-7-14-23(22)30)27(34)17-10-18-33-25-15-8-12-21-13-9-16-26(28(21)25)38(33,36)37/h6-9,11-16,20,24H,4-5,10,17-19H2,1-3H3,(H,31,35)/t20-,24-/m0/s1. The van der Waals surface area contributed by atoms with Crippen molar-refractivity contribution in [3.63, 3.8) is 0 Å². The fourth-order valence-electron chi connectivity index (χ4n) is 4.89. The molecule has 1 aliphatic rings. The molecule has 202 valence electrons. The molecule has 0 aromatic heterocycles. The first-order valence-electron chi connectivity index (χ1n) is 13.1. The zero-order valence-electron chi connectivity index (χ0n) is 22.0. The van der Waals surface area contributed by atoms with Crippen LogP contribution in [0.3, 0.4) is 0 Å². The highest BCUT2D eigenvalue weighted by Gasteiger charge is 2.35. The van der Waals surface area contributed by atoms with E-state index in [1.165, 1.54) is 4.31 Å². The molecule has 9 heteroatoms. The van der Waals surface area contributed by atoms with Gasteiger partial charge in [0.1, 0.15) is 6.04 Å². The number of hydrogen-bond acceptors (Lipinski definition) is 4. The molecule has 1 N–H and O–H groups in total. The zero-order valence-corrected chi connectivity index (χ0v) is 23.6. The number of carbonyl (C=O) groups is 2. The van der Waals surface area contributed by atoms with Crippen molar-refractivity contribution in [2.75, 3.05) is 10.8 Å². The fraction of sp³-hybridized carbons (Fsp3) is 0.379. The Kier molecular flexibility index (Phi) is 8.63. The summed E-state index contributed by atoms with van der Waals surface area (Å²) in [4.78, 5) is 28.6. The van der Waals surface area contributed by atoms with Gasteiger partial charge in [0.2, 0.25) is 11.8 Å². The number of sulfonamides is 1. The van der Waals surface area contributed by atoms with Crippen molar-refractivity contribution in [2.45, 2.75) is 70.0 Å². The minimum absolute atomic E-state index is 0.0153. The molecule has 0 aliphatic carbocycles. The van der Waals surface area contributed by atoms with E-state index in [4.69, 9.17) is 11.6 Å². The van der Waals surface area contributed by atoms with E-state index in [-0.39, 0.29) is 37.4 Å². The first kappa shape index (κ1) is 27.9. The third-order valence-electron chi connectivity index (χ3n) is 7.12. The highest BCUT2D eigenvalue weighted by atomic mass is 35.5. The summed E-state index contributed by atoms with van der Waals surface area (Å²) in [6.45, 7) is 6.15. The van der Waals surface area contributed by atoms with Crippen LogP contribution >= 0.6 is 11.6 Å². The van der Waals surface area contributed by atoms with Gasteiger partial charge in [-0.2, -0.15) is 0 Å². The first-order valence-corrected chi connectivity index (χ1v) is 14.9. The van der Waals surface area contributed by atoms with E-state index in [0.29, 0.717) is 28.4 Å². The summed E-state index contributed by atoms with van der Waals surface area (Å²) in [5.74, 6) is -0.421. The molecule has 0 spiro atoms. The molecule has 0 saturated carbocycles. The van der Waals surface area contributed by atoms with Crippen LogP contribution in [0, 0.1) is 0 Å². The van der Waals surface area contributed by atoms with Gasteiger partial charge in [0.15, 0.2) is 0 Å². The van der Waals surface area contributed by atoms with Crippen LogP contribution in [0.4, 0.5) is 5.69 Å². The third-order valence-corrected chi connectivity index (χ3v) is 9.34. The number of benzene rings is 3. The van der Waals surface area contributed by atoms with Gasteiger partial charge < -0.3 is 10.2 Å². The number of anilines is 1. The van der Waals surface area contributed by atoms with Gasteiger partial charge in [0.25, 0.3) is 10.0 Å². The predicted molar refractivity (Wildman–Crippen MR) is 152 cm³/mol. The van der Waals surface area contributed by atoms with E-state index < -0.39 is 16.1 Å². The van der Waals surface area contributed by atoms with Crippen molar-refractivity contribution in [2.24, 2.45) is 0 Å². The van der Waals surface area contributed by atoms with Gasteiger partial charge in [0, 0.05) is 36.0 Å². The quantitative estimate of drug-likeness (QED) is 0.338. The predicted octanol–water partition coefficient (Wildman–Crippen LogP) is 5.50. The van der Waals surface area contributed by atoms with Crippen molar-refractivity contribution < 1.29 is 18.0 Å². The number of halogens is 1. The fourth-order valence-corrected chi connectivity index (χ4v) is 6.83. The highest BCUT2D eigenvalue weighted by molar-refractivity contribution is 7.93. The SMILES string of the molecule is CC[C@H](C)NC(=O)[C@H](CC)N(Cc1ccccc1Cl)C(=O)CCCN1c2cccc3cccc(c23)S1(=O)=O. The molecule has 1 heterocycles. The Labute approximate surface area is 229 Å². The lowest BCUT2D eigenvalue weighted by Crippen LogP contribution is -2.50. The molecule has 0 fully saturated rings. The summed E-state index contributed by atoms with van der Waals surface area (Å²) < 4.78 is 28.0. The summed E-state index contributed by atoms with van der Waals surface area (Å²) in [7, 11) is -3.69. The maximum atomic E-state index is 13.6. The average Bonchev–Trinajstić information content (AvgIpc) is 3.12. The molecule has 3 aromatic rings. The molecule has 3 aromatic carbocycles. The van der Waals surface area contributed by atoms with E-state index in [0.717, 1.165) is 22.8 Å². The molecular weight excluding hydrogens is 522 g/mol. The second-order valence-corrected chi connectivity index (χ2v) is 11.9. The number of nitrogens with one attached hydrogen (secondary N) is 1. The van der Waals surface area contributed by atoms with Crippen LogP contribution in [-0.2, 0) is 26.2 Å². The maximum absolute atomic E-state index is 13.6. The smallest absolute Gasteiger partial charge is 0.265 e. The Hall–Kier alpha value is -3.10. The molecule has 0 bridgehead atoms. The Morgan fingerprint density at radius 3 is 2.39 bits per heavy atom. The molecule has 2 atom stereocenters. The Bertz CT molecular complexity index is 1440. The van der Waals surface area contributed by atoms with Crippen LogP contribution < -0.4 is 9.62 Å². The lowest BCUT2D eigenvalue weighted by molar-refractivity contribution is -0.141. The molecular formula is C29H34ClN3O4S. The summed E-state index contributed by atoms with van der Waals surface area (Å²) >= 11 is 6.40. The largest absolute Gasteiger partial charge is 0.352 e. The minimum atomic E-state index is -3.69. The molecule has 0 unspecified atom stereocenters. The van der Waals surface area contributed by atoms with Crippen LogP contribution in [0.25, 0.3) is 10.8 Å². The Balaban J connectivity index is 1.53. The lowest BCUT2D eigenvalue weighted by atomic mass is 10.1. The lowest BCUT2D eigenvalue weighted by Gasteiger charge is -2.32. The van der Waals surface area contributed by atoms with E-state index in [1.807, 2.05) is 57.2 Å². The van der Waals surface area contributed by atoms with Gasteiger partial charge in [-0.15, -0.1) is 0 Å². The van der Waals surface area contributed by atoms with Crippen LogP contribution in [0.2, 0.25) is 5.02 Å². The monoisotopic (exact) mass is 555 g/mol. The van der Waals surface area contributed by atoms with E-state index in [1.54, 1.807) is 29.2 Å². The second-order valence-electron chi connectivity index (χ2n) is 9.67. The summed E-state index contributed by atoms with van der Waals surface area (Å²) in [6.07, 6.45) is 1.62. The van der Waals surface area contributed by atoms with Crippen molar-refractivity contribution in [3.05, 3.63) is 71.2 Å². The van der Waals surface area contributed by atoms with Gasteiger partial charge in [-0.1, -0.05) is 67.9 Å². The number of hydrogen-bond donors (Lipinski definition) is 1. The molecule has 38 heavy (non-hydrogen) atoms. The normalized spacial score (nSPS) is 15.3. The molecule has 7 nitrogen and oxygen atoms in total. The second kappa shape index (κ2) is 11.7. The van der Waals surface area contributed by atoms with Gasteiger partial charge in [-0.25, -0.2) is 8.42 Å². The highest BCUT2D eigenvalue weighted by Crippen LogP contribution is 2.42. The third kappa shape index (κ3) is 5.52. The van der Waals surface area contributed by atoms with Crippen molar-refractivity contribution in [1.82, 2.24) is 10.2 Å². The van der Waals surface area contributed by atoms with E-state index >= 15 is 0 Å². The zero-order chi connectivity index (χ0) is 27.4. The van der Waals surface area contributed by atoms with Gasteiger partial charge in [-0.3, -0.25) is 13.9 Å². The number of carbonyl (C=O) groups excluding carboxylic acids is 2. The van der Waals surface area contributed by atoms with Gasteiger partial charge >= 0.3 is 0 Å². The van der Waals surface area contributed by atoms with Gasteiger partial charge in [-0.05, 0) is 55.3 Å². The molecule has 4 rings (SSSR count). The number of rotatable bonds is 11. The molecule has 1 aliphatic heterocycles. The first-order chi connectivity index (χ1) is 18.2. The van der Waals surface area contributed by atoms with Crippen LogP contribution in [0.1, 0.15) is 52.0 Å². The average molecular weight is 556 g/mol. The minimum Gasteiger partial charge on any atom is -0.352 e. The number of nitrogens with zero attached hydrogens (tertiary/aromatic N) is 2. The summed E-state index contributed by atoms with van der Waals surface area (Å²) in [5, 5.41) is 5.10. The molecule has 0 radical (unpaired) electrons. The summed E-state index contributed by atoms with van der Waals surface area (Å²) in [5.41, 5.74) is 1.39. The molecule has 0 saturated heterocycles.